The summed E-state index contributed by atoms with van der Waals surface area (Å²) in [6.07, 6.45) is 0.130. The SMILES string of the molecule is CC1B(Cl)C(C)B(Cl)P([Si](C)(C)C)B1Cl. The summed E-state index contributed by atoms with van der Waals surface area (Å²) in [7, 11) is -1.51. The van der Waals surface area contributed by atoms with Crippen LogP contribution in [0, 0.1) is 0 Å². The average Bonchev–Trinajstić information content (AvgIpc) is 2.09. The van der Waals surface area contributed by atoms with Gasteiger partial charge in [0.25, 0.3) is 11.7 Å². The Morgan fingerprint density at radius 3 is 1.53 bits per heavy atom. The first kappa shape index (κ1) is 14.8. The van der Waals surface area contributed by atoms with Gasteiger partial charge < -0.3 is 0 Å². The van der Waals surface area contributed by atoms with Crippen molar-refractivity contribution in [2.75, 3.05) is 0 Å². The molecule has 0 nitrogen and oxygen atoms in total. The van der Waals surface area contributed by atoms with Gasteiger partial charge in [-0.15, -0.1) is 7.23 Å². The molecule has 1 rings (SSSR count). The molecular formula is C7H17B3Cl3PSi. The molecule has 1 saturated heterocycles. The van der Waals surface area contributed by atoms with Crippen molar-refractivity contribution in [3.8, 4) is 0 Å². The summed E-state index contributed by atoms with van der Waals surface area (Å²) in [5.41, 5.74) is 0.771. The van der Waals surface area contributed by atoms with Crippen molar-refractivity contribution in [1.29, 1.82) is 0 Å². The summed E-state index contributed by atoms with van der Waals surface area (Å²) in [4.78, 5) is 0. The van der Waals surface area contributed by atoms with Gasteiger partial charge in [0.2, 0.25) is 6.13 Å². The van der Waals surface area contributed by atoms with E-state index in [0.29, 0.717) is 11.4 Å². The zero-order valence-electron chi connectivity index (χ0n) is 9.97. The predicted octanol–water partition coefficient (Wildman–Crippen LogP) is 4.86. The Morgan fingerprint density at radius 1 is 0.933 bits per heavy atom. The minimum atomic E-state index is -1.25. The maximum Gasteiger partial charge on any atom is 0.264 e. The lowest BCUT2D eigenvalue weighted by atomic mass is 9.40. The third kappa shape index (κ3) is 2.94. The van der Waals surface area contributed by atoms with Crippen LogP contribution < -0.4 is 0 Å². The van der Waals surface area contributed by atoms with Crippen molar-refractivity contribution >= 4 is 67.2 Å². The lowest BCUT2D eigenvalue weighted by molar-refractivity contribution is 1.21. The van der Waals surface area contributed by atoms with Gasteiger partial charge in [-0.3, -0.25) is 0 Å². The van der Waals surface area contributed by atoms with E-state index in [1.165, 1.54) is 0 Å². The molecule has 0 radical (unpaired) electrons. The van der Waals surface area contributed by atoms with Gasteiger partial charge in [0, 0.05) is 0 Å². The Kier molecular flexibility index (Phi) is 5.07. The van der Waals surface area contributed by atoms with Gasteiger partial charge >= 0.3 is 0 Å². The van der Waals surface area contributed by atoms with Crippen molar-refractivity contribution in [3.63, 3.8) is 0 Å². The molecule has 1 fully saturated rings. The fourth-order valence-electron chi connectivity index (χ4n) is 2.16. The molecule has 1 aliphatic rings. The second-order valence-electron chi connectivity index (χ2n) is 5.49. The number of rotatable bonds is 1. The lowest BCUT2D eigenvalue weighted by Crippen LogP contribution is -2.45. The summed E-state index contributed by atoms with van der Waals surface area (Å²) in [5, 5.41) is 0. The summed E-state index contributed by atoms with van der Waals surface area (Å²) in [5.74, 6) is 0.403. The lowest BCUT2D eigenvalue weighted by Gasteiger charge is -2.44. The number of hydrogen-bond donors (Lipinski definition) is 0. The molecule has 0 saturated carbocycles. The van der Waals surface area contributed by atoms with E-state index < -0.39 is 7.74 Å². The van der Waals surface area contributed by atoms with Gasteiger partial charge in [0.15, 0.2) is 0 Å². The summed E-state index contributed by atoms with van der Waals surface area (Å²) < 4.78 is 0. The fraction of sp³-hybridized carbons (Fsp3) is 1.00. The summed E-state index contributed by atoms with van der Waals surface area (Å²) in [6.45, 7) is 11.5. The topological polar surface area (TPSA) is 0 Å². The predicted molar refractivity (Wildman–Crippen MR) is 83.9 cm³/mol. The second kappa shape index (κ2) is 5.14. The molecule has 0 aromatic carbocycles. The quantitative estimate of drug-likeness (QED) is 0.479. The van der Waals surface area contributed by atoms with Crippen LogP contribution in [0.15, 0.2) is 0 Å². The average molecular weight is 299 g/mol. The van der Waals surface area contributed by atoms with E-state index in [2.05, 4.69) is 33.5 Å². The maximum atomic E-state index is 6.57. The van der Waals surface area contributed by atoms with Gasteiger partial charge in [-0.2, -0.15) is 34.4 Å². The number of hydrogen-bond acceptors (Lipinski definition) is 0. The molecule has 2 unspecified atom stereocenters. The Balaban J connectivity index is 2.97. The van der Waals surface area contributed by atoms with E-state index in [1.54, 1.807) is 0 Å². The van der Waals surface area contributed by atoms with E-state index in [1.807, 2.05) is 0 Å². The fourth-order valence-corrected chi connectivity index (χ4v) is 18.3. The van der Waals surface area contributed by atoms with Gasteiger partial charge in [-0.1, -0.05) is 44.9 Å². The molecule has 8 heteroatoms. The Hall–Kier alpha value is 1.71. The Bertz CT molecular complexity index is 224. The van der Waals surface area contributed by atoms with E-state index >= 15 is 0 Å². The molecule has 0 N–H and O–H groups in total. The first-order chi connectivity index (χ1) is 6.68. The van der Waals surface area contributed by atoms with Crippen LogP contribution in [-0.2, 0) is 0 Å². The smallest absolute Gasteiger partial charge is 0.197 e. The molecule has 0 bridgehead atoms. The van der Waals surface area contributed by atoms with Crippen LogP contribution in [0.5, 0.6) is 0 Å². The highest BCUT2D eigenvalue weighted by Gasteiger charge is 2.54. The first-order valence-electron chi connectivity index (χ1n) is 5.38. The third-order valence-corrected chi connectivity index (χ3v) is 16.9. The first-order valence-corrected chi connectivity index (χ1v) is 12.5. The van der Waals surface area contributed by atoms with E-state index in [-0.39, 0.29) is 25.0 Å². The molecule has 0 aromatic rings. The standard InChI is InChI=1S/C7H17B3Cl3PSi/c1-6-8(11)7(2)10(13)14(9(6)12)15(3,4)5/h6-7H,1-5H3. The van der Waals surface area contributed by atoms with Crippen LogP contribution >= 0.6 is 41.6 Å². The maximum absolute atomic E-state index is 6.57. The summed E-state index contributed by atoms with van der Waals surface area (Å²) >= 11 is 19.5. The van der Waals surface area contributed by atoms with Crippen molar-refractivity contribution < 1.29 is 0 Å². The highest BCUT2D eigenvalue weighted by Crippen LogP contribution is 2.64. The van der Waals surface area contributed by atoms with Crippen LogP contribution in [-0.4, -0.2) is 25.6 Å². The monoisotopic (exact) mass is 298 g/mol. The minimum absolute atomic E-state index is 0.130. The molecule has 15 heavy (non-hydrogen) atoms. The van der Waals surface area contributed by atoms with E-state index in [9.17, 15) is 0 Å². The van der Waals surface area contributed by atoms with Crippen LogP contribution in [0.3, 0.4) is 0 Å². The molecule has 0 amide bonds. The Morgan fingerprint density at radius 2 is 1.27 bits per heavy atom. The molecule has 0 aliphatic carbocycles. The van der Waals surface area contributed by atoms with Crippen molar-refractivity contribution in [1.82, 2.24) is 0 Å². The second-order valence-corrected chi connectivity index (χ2v) is 19.4. The molecule has 0 aromatic heterocycles. The van der Waals surface area contributed by atoms with Crippen molar-refractivity contribution in [2.45, 2.75) is 44.9 Å². The Labute approximate surface area is 112 Å². The van der Waals surface area contributed by atoms with Gasteiger partial charge in [0.1, 0.15) is 0 Å². The molecule has 84 valence electrons. The van der Waals surface area contributed by atoms with Crippen LogP contribution in [0.1, 0.15) is 13.8 Å². The van der Waals surface area contributed by atoms with E-state index in [4.69, 9.17) is 34.4 Å². The third-order valence-electron chi connectivity index (χ3n) is 3.18. The van der Waals surface area contributed by atoms with Crippen molar-refractivity contribution in [2.24, 2.45) is 0 Å². The van der Waals surface area contributed by atoms with Crippen LogP contribution in [0.4, 0.5) is 0 Å². The molecule has 1 aliphatic heterocycles. The number of halogens is 3. The van der Waals surface area contributed by atoms with E-state index in [0.717, 1.165) is 0 Å². The molecular weight excluding hydrogens is 282 g/mol. The molecule has 2 atom stereocenters. The van der Waals surface area contributed by atoms with Gasteiger partial charge in [-0.25, -0.2) is 0 Å². The zero-order chi connectivity index (χ0) is 12.0. The molecule has 1 heterocycles. The van der Waals surface area contributed by atoms with Gasteiger partial charge in [-0.05, 0) is 0 Å². The van der Waals surface area contributed by atoms with Gasteiger partial charge in [0.05, 0.1) is 7.74 Å². The van der Waals surface area contributed by atoms with Crippen LogP contribution in [0.25, 0.3) is 0 Å². The van der Waals surface area contributed by atoms with Crippen LogP contribution in [0.2, 0.25) is 31.1 Å². The molecule has 0 spiro atoms. The normalized spacial score (nSPS) is 33.6. The summed E-state index contributed by atoms with van der Waals surface area (Å²) in [6, 6.07) is 0. The zero-order valence-corrected chi connectivity index (χ0v) is 14.1. The minimum Gasteiger partial charge on any atom is -0.197 e. The highest BCUT2D eigenvalue weighted by molar-refractivity contribution is 8.39. The van der Waals surface area contributed by atoms with Crippen molar-refractivity contribution in [3.05, 3.63) is 0 Å². The largest absolute Gasteiger partial charge is 0.264 e. The highest BCUT2D eigenvalue weighted by atomic mass is 35.5.